The van der Waals surface area contributed by atoms with Gasteiger partial charge in [-0.05, 0) is 19.1 Å². The summed E-state index contributed by atoms with van der Waals surface area (Å²) in [6.45, 7) is 5.05. The number of benzene rings is 1. The van der Waals surface area contributed by atoms with Crippen LogP contribution in [0.2, 0.25) is 0 Å². The Bertz CT molecular complexity index is 695. The number of ether oxygens (including phenoxy) is 1. The highest BCUT2D eigenvalue weighted by molar-refractivity contribution is 5.77. The summed E-state index contributed by atoms with van der Waals surface area (Å²) >= 11 is 0. The number of aromatic nitrogens is 2. The van der Waals surface area contributed by atoms with Crippen LogP contribution in [-0.4, -0.2) is 59.8 Å². The molecule has 0 N–H and O–H groups in total. The Morgan fingerprint density at radius 3 is 2.71 bits per heavy atom. The number of amides is 1. The van der Waals surface area contributed by atoms with Crippen molar-refractivity contribution >= 4 is 11.9 Å². The van der Waals surface area contributed by atoms with Crippen LogP contribution in [0.15, 0.2) is 36.7 Å². The molecule has 0 unspecified atom stereocenters. The number of nitrogens with zero attached hydrogens (tertiary/aromatic N) is 4. The van der Waals surface area contributed by atoms with Crippen molar-refractivity contribution in [2.24, 2.45) is 0 Å². The molecular weight excluding hydrogens is 311 g/mol. The van der Waals surface area contributed by atoms with Crippen molar-refractivity contribution in [1.82, 2.24) is 14.5 Å². The van der Waals surface area contributed by atoms with Crippen LogP contribution < -0.4 is 4.90 Å². The van der Waals surface area contributed by atoms with Gasteiger partial charge in [-0.15, -0.1) is 0 Å². The highest BCUT2D eigenvalue weighted by atomic mass is 19.1. The summed E-state index contributed by atoms with van der Waals surface area (Å²) in [5, 5.41) is 0. The van der Waals surface area contributed by atoms with E-state index in [4.69, 9.17) is 4.74 Å². The monoisotopic (exact) mass is 332 g/mol. The van der Waals surface area contributed by atoms with Crippen molar-refractivity contribution in [3.05, 3.63) is 42.5 Å². The Morgan fingerprint density at radius 2 is 2.00 bits per heavy atom. The van der Waals surface area contributed by atoms with E-state index in [-0.39, 0.29) is 18.3 Å². The van der Waals surface area contributed by atoms with Crippen LogP contribution in [0.1, 0.15) is 6.92 Å². The second kappa shape index (κ2) is 7.44. The van der Waals surface area contributed by atoms with E-state index in [9.17, 15) is 9.18 Å². The maximum atomic E-state index is 14.1. The maximum absolute atomic E-state index is 14.1. The minimum Gasteiger partial charge on any atom is -0.372 e. The minimum absolute atomic E-state index is 0.00828. The number of piperazine rings is 1. The van der Waals surface area contributed by atoms with Crippen LogP contribution in [-0.2, 0) is 9.53 Å². The Balaban J connectivity index is 1.69. The number of hydrogen-bond acceptors (Lipinski definition) is 4. The van der Waals surface area contributed by atoms with E-state index in [0.717, 1.165) is 0 Å². The van der Waals surface area contributed by atoms with Crippen molar-refractivity contribution in [2.75, 3.05) is 44.3 Å². The zero-order chi connectivity index (χ0) is 16.9. The second-order valence-corrected chi connectivity index (χ2v) is 5.55. The van der Waals surface area contributed by atoms with Crippen LogP contribution in [0, 0.1) is 5.82 Å². The summed E-state index contributed by atoms with van der Waals surface area (Å²) in [6.07, 6.45) is 3.41. The minimum atomic E-state index is -0.290. The lowest BCUT2D eigenvalue weighted by atomic mass is 10.3. The summed E-state index contributed by atoms with van der Waals surface area (Å²) in [4.78, 5) is 20.2. The third-order valence-corrected chi connectivity index (χ3v) is 4.08. The van der Waals surface area contributed by atoms with E-state index in [1.165, 1.54) is 6.07 Å². The van der Waals surface area contributed by atoms with Gasteiger partial charge in [-0.25, -0.2) is 9.37 Å². The number of para-hydroxylation sites is 1. The first-order valence-electron chi connectivity index (χ1n) is 8.09. The van der Waals surface area contributed by atoms with E-state index in [1.54, 1.807) is 40.1 Å². The molecule has 6 nitrogen and oxygen atoms in total. The molecule has 1 amide bonds. The molecule has 7 heteroatoms. The van der Waals surface area contributed by atoms with Gasteiger partial charge >= 0.3 is 0 Å². The number of carbonyl (C=O) groups excluding carboxylic acids is 1. The largest absolute Gasteiger partial charge is 0.372 e. The van der Waals surface area contributed by atoms with Gasteiger partial charge in [-0.3, -0.25) is 9.36 Å². The average Bonchev–Trinajstić information content (AvgIpc) is 3.09. The Hall–Kier alpha value is -2.41. The van der Waals surface area contributed by atoms with Crippen molar-refractivity contribution in [2.45, 2.75) is 6.92 Å². The molecule has 1 aliphatic rings. The fourth-order valence-corrected chi connectivity index (χ4v) is 2.80. The molecule has 2 heterocycles. The van der Waals surface area contributed by atoms with Crippen molar-refractivity contribution in [3.8, 4) is 5.69 Å². The van der Waals surface area contributed by atoms with Crippen molar-refractivity contribution in [3.63, 3.8) is 0 Å². The normalized spacial score (nSPS) is 14.9. The maximum Gasteiger partial charge on any atom is 0.248 e. The lowest BCUT2D eigenvalue weighted by Crippen LogP contribution is -2.50. The molecule has 0 atom stereocenters. The lowest BCUT2D eigenvalue weighted by Gasteiger charge is -2.35. The first kappa shape index (κ1) is 16.4. The summed E-state index contributed by atoms with van der Waals surface area (Å²) < 4.78 is 21.0. The van der Waals surface area contributed by atoms with Crippen LogP contribution in [0.4, 0.5) is 10.3 Å². The molecule has 24 heavy (non-hydrogen) atoms. The molecular formula is C17H21FN4O2. The molecule has 3 rings (SSSR count). The van der Waals surface area contributed by atoms with Gasteiger partial charge in [0.25, 0.3) is 0 Å². The smallest absolute Gasteiger partial charge is 0.248 e. The molecule has 1 saturated heterocycles. The van der Waals surface area contributed by atoms with Gasteiger partial charge in [0.15, 0.2) is 0 Å². The lowest BCUT2D eigenvalue weighted by molar-refractivity contribution is -0.136. The van der Waals surface area contributed by atoms with Crippen LogP contribution in [0.5, 0.6) is 0 Å². The number of rotatable bonds is 5. The third-order valence-electron chi connectivity index (χ3n) is 4.08. The molecule has 0 saturated carbocycles. The number of halogens is 1. The summed E-state index contributed by atoms with van der Waals surface area (Å²) in [7, 11) is 0. The van der Waals surface area contributed by atoms with Gasteiger partial charge in [-0.1, -0.05) is 12.1 Å². The van der Waals surface area contributed by atoms with Gasteiger partial charge in [0.1, 0.15) is 12.4 Å². The van der Waals surface area contributed by atoms with Crippen LogP contribution >= 0.6 is 0 Å². The average molecular weight is 332 g/mol. The quantitative estimate of drug-likeness (QED) is 0.836. The van der Waals surface area contributed by atoms with Crippen molar-refractivity contribution in [1.29, 1.82) is 0 Å². The van der Waals surface area contributed by atoms with E-state index < -0.39 is 0 Å². The zero-order valence-electron chi connectivity index (χ0n) is 13.7. The molecule has 1 fully saturated rings. The molecule has 0 aliphatic carbocycles. The number of hydrogen-bond donors (Lipinski definition) is 0. The fraction of sp³-hybridized carbons (Fsp3) is 0.412. The Kier molecular flexibility index (Phi) is 5.10. The molecule has 0 bridgehead atoms. The molecule has 0 spiro atoms. The molecule has 1 aromatic heterocycles. The predicted molar refractivity (Wildman–Crippen MR) is 88.8 cm³/mol. The molecule has 2 aromatic rings. The van der Waals surface area contributed by atoms with E-state index in [0.29, 0.717) is 44.4 Å². The van der Waals surface area contributed by atoms with E-state index >= 15 is 0 Å². The first-order chi connectivity index (χ1) is 11.7. The first-order valence-corrected chi connectivity index (χ1v) is 8.09. The molecule has 0 radical (unpaired) electrons. The molecule has 1 aliphatic heterocycles. The van der Waals surface area contributed by atoms with Gasteiger partial charge < -0.3 is 14.5 Å². The molecule has 1 aromatic carbocycles. The third kappa shape index (κ3) is 3.41. The highest BCUT2D eigenvalue weighted by Gasteiger charge is 2.24. The summed E-state index contributed by atoms with van der Waals surface area (Å²) in [6, 6.07) is 6.62. The number of imidazole rings is 1. The van der Waals surface area contributed by atoms with Crippen molar-refractivity contribution < 1.29 is 13.9 Å². The van der Waals surface area contributed by atoms with Gasteiger partial charge in [0.05, 0.1) is 5.69 Å². The van der Waals surface area contributed by atoms with Gasteiger partial charge in [0, 0.05) is 45.2 Å². The zero-order valence-corrected chi connectivity index (χ0v) is 13.7. The topological polar surface area (TPSA) is 50.6 Å². The number of carbonyl (C=O) groups is 1. The fourth-order valence-electron chi connectivity index (χ4n) is 2.80. The number of anilines is 1. The summed E-state index contributed by atoms with van der Waals surface area (Å²) in [5.41, 5.74) is 0.472. The Labute approximate surface area is 140 Å². The summed E-state index contributed by atoms with van der Waals surface area (Å²) in [5.74, 6) is 0.410. The second-order valence-electron chi connectivity index (χ2n) is 5.55. The van der Waals surface area contributed by atoms with Gasteiger partial charge in [-0.2, -0.15) is 0 Å². The molecule has 128 valence electrons. The van der Waals surface area contributed by atoms with E-state index in [2.05, 4.69) is 9.88 Å². The Morgan fingerprint density at radius 1 is 1.25 bits per heavy atom. The van der Waals surface area contributed by atoms with Crippen LogP contribution in [0.25, 0.3) is 5.69 Å². The van der Waals surface area contributed by atoms with Gasteiger partial charge in [0.2, 0.25) is 11.9 Å². The SMILES string of the molecule is CCOCC(=O)N1CCN(c2nccn2-c2ccccc2F)CC1. The predicted octanol–water partition coefficient (Wildman–Crippen LogP) is 1.70. The van der Waals surface area contributed by atoms with E-state index in [1.807, 2.05) is 6.92 Å². The highest BCUT2D eigenvalue weighted by Crippen LogP contribution is 2.21. The standard InChI is InChI=1S/C17H21FN4O2/c1-2-24-13-16(23)20-9-11-21(12-10-20)17-19-7-8-22(17)15-6-4-3-5-14(15)18/h3-8H,2,9-13H2,1H3. The van der Waals surface area contributed by atoms with Crippen LogP contribution in [0.3, 0.4) is 0 Å².